The summed E-state index contributed by atoms with van der Waals surface area (Å²) >= 11 is 6.01. The van der Waals surface area contributed by atoms with E-state index in [2.05, 4.69) is 0 Å². The first-order valence-electron chi connectivity index (χ1n) is 11.8. The van der Waals surface area contributed by atoms with Crippen molar-refractivity contribution in [2.24, 2.45) is 0 Å². The van der Waals surface area contributed by atoms with Crippen molar-refractivity contribution in [2.45, 2.75) is 24.9 Å². The third kappa shape index (κ3) is 6.36. The van der Waals surface area contributed by atoms with Gasteiger partial charge in [-0.2, -0.15) is 21.6 Å². The Bertz CT molecular complexity index is 1690. The molecule has 1 fully saturated rings. The summed E-state index contributed by atoms with van der Waals surface area (Å²) in [4.78, 5) is 38.5. The highest BCUT2D eigenvalue weighted by Gasteiger charge is 2.39. The summed E-state index contributed by atoms with van der Waals surface area (Å²) < 4.78 is 76.1. The lowest BCUT2D eigenvalue weighted by atomic mass is 10.1. The Morgan fingerprint density at radius 2 is 1.66 bits per heavy atom. The number of carbonyl (C=O) groups excluding carboxylic acids is 3. The van der Waals surface area contributed by atoms with Gasteiger partial charge in [-0.15, -0.1) is 0 Å². The van der Waals surface area contributed by atoms with Gasteiger partial charge in [0, 0.05) is 0 Å². The van der Waals surface area contributed by atoms with Gasteiger partial charge in [-0.25, -0.2) is 9.69 Å². The van der Waals surface area contributed by atoms with Gasteiger partial charge in [0.1, 0.15) is 10.5 Å². The Balaban J connectivity index is 1.70. The minimum absolute atomic E-state index is 0.0462. The number of halogens is 4. The highest BCUT2D eigenvalue weighted by molar-refractivity contribution is 7.87. The Hall–Kier alpha value is -4.36. The minimum Gasteiger partial charge on any atom is -0.490 e. The summed E-state index contributed by atoms with van der Waals surface area (Å²) in [5.41, 5.74) is -1.37. The molecule has 9 nitrogen and oxygen atoms in total. The van der Waals surface area contributed by atoms with Crippen LogP contribution < -0.4 is 19.1 Å². The molecule has 4 amide bonds. The Labute approximate surface area is 237 Å². The molecule has 1 saturated heterocycles. The zero-order valence-electron chi connectivity index (χ0n) is 21.3. The molecule has 1 aliphatic heterocycles. The zero-order chi connectivity index (χ0) is 30.1. The zero-order valence-corrected chi connectivity index (χ0v) is 22.9. The average molecular weight is 609 g/mol. The molecule has 0 aliphatic carbocycles. The van der Waals surface area contributed by atoms with Crippen molar-refractivity contribution in [3.63, 3.8) is 0 Å². The van der Waals surface area contributed by atoms with Crippen LogP contribution in [0.3, 0.4) is 0 Å². The third-order valence-corrected chi connectivity index (χ3v) is 7.27. The lowest BCUT2D eigenvalue weighted by Crippen LogP contribution is -2.54. The number of hydrogen-bond acceptors (Lipinski definition) is 7. The molecule has 3 aromatic carbocycles. The molecule has 3 aromatic rings. The molecule has 0 aromatic heterocycles. The number of rotatable bonds is 7. The average Bonchev–Trinajstić information content (AvgIpc) is 2.88. The number of nitrogens with zero attached hydrogens (tertiary/aromatic N) is 1. The smallest absolute Gasteiger partial charge is 0.416 e. The molecule has 0 atom stereocenters. The Kier molecular flexibility index (Phi) is 8.13. The molecule has 214 valence electrons. The number of aryl methyl sites for hydroxylation is 1. The van der Waals surface area contributed by atoms with Crippen molar-refractivity contribution >= 4 is 51.3 Å². The van der Waals surface area contributed by atoms with Crippen LogP contribution in [-0.4, -0.2) is 32.9 Å². The summed E-state index contributed by atoms with van der Waals surface area (Å²) in [6.07, 6.45) is -3.74. The van der Waals surface area contributed by atoms with Crippen molar-refractivity contribution in [3.8, 4) is 11.5 Å². The molecule has 0 saturated carbocycles. The van der Waals surface area contributed by atoms with Crippen LogP contribution in [0.15, 0.2) is 71.1 Å². The van der Waals surface area contributed by atoms with Crippen molar-refractivity contribution < 1.29 is 44.9 Å². The van der Waals surface area contributed by atoms with Crippen LogP contribution in [0.5, 0.6) is 11.5 Å². The van der Waals surface area contributed by atoms with Gasteiger partial charge < -0.3 is 8.92 Å². The second kappa shape index (κ2) is 11.3. The lowest BCUT2D eigenvalue weighted by Gasteiger charge is -2.27. The number of amides is 4. The number of hydrogen-bond donors (Lipinski definition) is 1. The van der Waals surface area contributed by atoms with Gasteiger partial charge in [-0.05, 0) is 68.0 Å². The summed E-state index contributed by atoms with van der Waals surface area (Å²) in [6, 6.07) is 10.6. The van der Waals surface area contributed by atoms with Gasteiger partial charge in [0.15, 0.2) is 11.5 Å². The fourth-order valence-electron chi connectivity index (χ4n) is 3.73. The maximum atomic E-state index is 13.3. The van der Waals surface area contributed by atoms with Crippen LogP contribution in [-0.2, 0) is 25.9 Å². The quantitative estimate of drug-likeness (QED) is 0.214. The van der Waals surface area contributed by atoms with E-state index in [1.54, 1.807) is 26.0 Å². The van der Waals surface area contributed by atoms with E-state index < -0.39 is 51.0 Å². The van der Waals surface area contributed by atoms with Crippen LogP contribution in [0.2, 0.25) is 5.02 Å². The number of alkyl halides is 3. The number of ether oxygens (including phenoxy) is 1. The number of anilines is 1. The van der Waals surface area contributed by atoms with Crippen molar-refractivity contribution in [1.29, 1.82) is 0 Å². The van der Waals surface area contributed by atoms with Crippen LogP contribution in [0, 0.1) is 6.92 Å². The van der Waals surface area contributed by atoms with Crippen LogP contribution in [0.1, 0.15) is 23.6 Å². The monoisotopic (exact) mass is 608 g/mol. The van der Waals surface area contributed by atoms with Gasteiger partial charge in [0.2, 0.25) is 0 Å². The van der Waals surface area contributed by atoms with E-state index in [1.807, 2.05) is 5.32 Å². The number of benzene rings is 3. The summed E-state index contributed by atoms with van der Waals surface area (Å²) in [5.74, 6) is -2.57. The van der Waals surface area contributed by atoms with Crippen molar-refractivity contribution in [3.05, 3.63) is 87.9 Å². The molecule has 1 heterocycles. The summed E-state index contributed by atoms with van der Waals surface area (Å²) in [6.45, 7) is 3.51. The van der Waals surface area contributed by atoms with E-state index in [0.717, 1.165) is 17.7 Å². The van der Waals surface area contributed by atoms with Gasteiger partial charge in [-0.3, -0.25) is 14.9 Å². The molecule has 0 unspecified atom stereocenters. The molecular formula is C27H20ClF3N2O7S. The van der Waals surface area contributed by atoms with E-state index in [0.29, 0.717) is 17.0 Å². The largest absolute Gasteiger partial charge is 0.490 e. The van der Waals surface area contributed by atoms with Crippen molar-refractivity contribution in [1.82, 2.24) is 5.32 Å². The van der Waals surface area contributed by atoms with Crippen LogP contribution >= 0.6 is 11.6 Å². The van der Waals surface area contributed by atoms with Gasteiger partial charge in [-0.1, -0.05) is 35.4 Å². The van der Waals surface area contributed by atoms with E-state index in [-0.39, 0.29) is 33.6 Å². The van der Waals surface area contributed by atoms with Gasteiger partial charge >= 0.3 is 22.3 Å². The minimum atomic E-state index is -4.80. The first-order valence-corrected chi connectivity index (χ1v) is 13.6. The van der Waals surface area contributed by atoms with Crippen molar-refractivity contribution in [2.75, 3.05) is 11.5 Å². The molecule has 1 aliphatic rings. The Morgan fingerprint density at radius 1 is 0.976 bits per heavy atom. The van der Waals surface area contributed by atoms with Gasteiger partial charge in [0.05, 0.1) is 22.9 Å². The number of nitrogens with one attached hydrogen (secondary N) is 1. The first kappa shape index (κ1) is 29.6. The molecular weight excluding hydrogens is 589 g/mol. The van der Waals surface area contributed by atoms with E-state index in [1.165, 1.54) is 30.3 Å². The maximum absolute atomic E-state index is 13.3. The normalized spacial score (nSPS) is 15.2. The first-order chi connectivity index (χ1) is 19.2. The highest BCUT2D eigenvalue weighted by atomic mass is 35.5. The molecule has 14 heteroatoms. The van der Waals surface area contributed by atoms with E-state index >= 15 is 0 Å². The SMILES string of the molecule is CCOc1cc(/C=C2/C(=O)NC(=O)N(c3cc(C(F)(F)F)ccc3Cl)C2=O)ccc1OS(=O)(=O)c1ccc(C)cc1. The molecule has 0 bridgehead atoms. The Morgan fingerprint density at radius 3 is 2.29 bits per heavy atom. The van der Waals surface area contributed by atoms with E-state index in [9.17, 15) is 36.0 Å². The molecule has 1 N–H and O–H groups in total. The van der Waals surface area contributed by atoms with Crippen LogP contribution in [0.4, 0.5) is 23.7 Å². The number of carbonyl (C=O) groups is 3. The second-order valence-corrected chi connectivity index (χ2v) is 10.6. The standard InChI is InChI=1S/C27H20ClF3N2O7S/c1-3-39-23-13-16(6-11-22(23)40-41(37,38)18-8-4-15(2)5-9-18)12-19-24(34)32-26(36)33(25(19)35)21-14-17(27(29,30)31)7-10-20(21)28/h4-14H,3H2,1-2H3,(H,32,34,36)/b19-12-. The molecule has 0 spiro atoms. The topological polar surface area (TPSA) is 119 Å². The summed E-state index contributed by atoms with van der Waals surface area (Å²) in [5, 5.41) is 1.56. The highest BCUT2D eigenvalue weighted by Crippen LogP contribution is 2.37. The van der Waals surface area contributed by atoms with Crippen LogP contribution in [0.25, 0.3) is 6.08 Å². The molecule has 0 radical (unpaired) electrons. The van der Waals surface area contributed by atoms with Gasteiger partial charge in [0.25, 0.3) is 11.8 Å². The number of barbiturate groups is 1. The summed E-state index contributed by atoms with van der Waals surface area (Å²) in [7, 11) is -4.24. The fourth-order valence-corrected chi connectivity index (χ4v) is 4.87. The number of imide groups is 2. The predicted octanol–water partition coefficient (Wildman–Crippen LogP) is 5.50. The third-order valence-electron chi connectivity index (χ3n) is 5.70. The predicted molar refractivity (Wildman–Crippen MR) is 142 cm³/mol. The fraction of sp³-hybridized carbons (Fsp3) is 0.148. The second-order valence-electron chi connectivity index (χ2n) is 8.61. The molecule has 4 rings (SSSR count). The molecule has 41 heavy (non-hydrogen) atoms. The maximum Gasteiger partial charge on any atom is 0.416 e. The van der Waals surface area contributed by atoms with E-state index in [4.69, 9.17) is 20.5 Å². The number of urea groups is 1. The lowest BCUT2D eigenvalue weighted by molar-refractivity contribution is -0.137.